The summed E-state index contributed by atoms with van der Waals surface area (Å²) in [5.74, 6) is 0.825. The lowest BCUT2D eigenvalue weighted by Crippen LogP contribution is -2.41. The first-order valence-electron chi connectivity index (χ1n) is 4.81. The van der Waals surface area contributed by atoms with Crippen molar-refractivity contribution < 1.29 is 4.79 Å². The molecule has 0 spiro atoms. The van der Waals surface area contributed by atoms with Gasteiger partial charge in [0.15, 0.2) is 0 Å². The van der Waals surface area contributed by atoms with E-state index >= 15 is 0 Å². The molecule has 0 aromatic heterocycles. The van der Waals surface area contributed by atoms with Crippen molar-refractivity contribution in [3.63, 3.8) is 0 Å². The van der Waals surface area contributed by atoms with Crippen molar-refractivity contribution >= 4 is 28.6 Å². The second-order valence-corrected chi connectivity index (χ2v) is 5.07. The Bertz CT molecular complexity index is 177. The molecule has 1 aliphatic carbocycles. The van der Waals surface area contributed by atoms with Crippen LogP contribution in [0, 0.1) is 0 Å². The third kappa shape index (κ3) is 3.77. The van der Waals surface area contributed by atoms with Gasteiger partial charge in [0.05, 0.1) is 5.38 Å². The zero-order valence-corrected chi connectivity index (χ0v) is 9.46. The lowest BCUT2D eigenvalue weighted by Gasteiger charge is -2.27. The molecule has 0 aromatic carbocycles. The Morgan fingerprint density at radius 1 is 1.54 bits per heavy atom. The van der Waals surface area contributed by atoms with Gasteiger partial charge in [-0.1, -0.05) is 31.5 Å². The van der Waals surface area contributed by atoms with Crippen LogP contribution < -0.4 is 5.32 Å². The summed E-state index contributed by atoms with van der Waals surface area (Å²) in [5, 5.41) is 3.17. The number of hydrogen-bond acceptors (Lipinski definition) is 2. The molecule has 0 aromatic rings. The number of carbonyl (C=O) groups is 1. The number of hydrogen-bond donors (Lipinski definition) is 1. The van der Waals surface area contributed by atoms with Gasteiger partial charge in [0.2, 0.25) is 0 Å². The van der Waals surface area contributed by atoms with Crippen molar-refractivity contribution in [2.45, 2.75) is 44.0 Å². The van der Waals surface area contributed by atoms with Crippen LogP contribution in [0.4, 0.5) is 4.79 Å². The number of rotatable bonds is 2. The summed E-state index contributed by atoms with van der Waals surface area (Å²) in [4.78, 5) is 11.3. The van der Waals surface area contributed by atoms with Crippen LogP contribution in [-0.4, -0.2) is 22.4 Å². The van der Waals surface area contributed by atoms with E-state index in [1.165, 1.54) is 24.6 Å². The van der Waals surface area contributed by atoms with E-state index in [1.807, 2.05) is 6.92 Å². The minimum absolute atomic E-state index is 0.0695. The molecule has 0 saturated heterocycles. The van der Waals surface area contributed by atoms with Crippen LogP contribution in [0.3, 0.4) is 0 Å². The highest BCUT2D eigenvalue weighted by molar-refractivity contribution is 8.13. The number of halogens is 1. The van der Waals surface area contributed by atoms with Crippen LogP contribution in [0.25, 0.3) is 0 Å². The fourth-order valence-electron chi connectivity index (χ4n) is 1.57. The van der Waals surface area contributed by atoms with Gasteiger partial charge in [-0.2, -0.15) is 0 Å². The standard InChI is InChI=1S/C9H16ClNOS/c1-2-13-9(12)11-8-6-4-3-5-7(8)10/h7-8H,2-6H2,1H3,(H,11,12). The van der Waals surface area contributed by atoms with Crippen molar-refractivity contribution in [2.75, 3.05) is 5.75 Å². The van der Waals surface area contributed by atoms with Crippen LogP contribution in [0.2, 0.25) is 0 Å². The van der Waals surface area contributed by atoms with Crippen LogP contribution in [0.1, 0.15) is 32.6 Å². The van der Waals surface area contributed by atoms with Crippen LogP contribution >= 0.6 is 23.4 Å². The minimum atomic E-state index is 0.0695. The van der Waals surface area contributed by atoms with Crippen molar-refractivity contribution in [3.8, 4) is 0 Å². The Labute approximate surface area is 88.8 Å². The molecule has 4 heteroatoms. The molecule has 76 valence electrons. The van der Waals surface area contributed by atoms with E-state index < -0.39 is 0 Å². The molecule has 1 saturated carbocycles. The molecule has 1 rings (SSSR count). The molecule has 0 radical (unpaired) electrons. The maximum absolute atomic E-state index is 11.3. The third-order valence-corrected chi connectivity index (χ3v) is 3.45. The quantitative estimate of drug-likeness (QED) is 0.727. The first-order chi connectivity index (χ1) is 6.24. The van der Waals surface area contributed by atoms with E-state index in [-0.39, 0.29) is 16.7 Å². The molecular formula is C9H16ClNOS. The smallest absolute Gasteiger partial charge is 0.279 e. The van der Waals surface area contributed by atoms with E-state index in [4.69, 9.17) is 11.6 Å². The minimum Gasteiger partial charge on any atom is -0.343 e. The molecule has 0 bridgehead atoms. The third-order valence-electron chi connectivity index (χ3n) is 2.26. The van der Waals surface area contributed by atoms with E-state index in [0.29, 0.717) is 0 Å². The maximum Gasteiger partial charge on any atom is 0.279 e. The van der Waals surface area contributed by atoms with E-state index in [1.54, 1.807) is 0 Å². The fourth-order valence-corrected chi connectivity index (χ4v) is 2.41. The largest absolute Gasteiger partial charge is 0.343 e. The summed E-state index contributed by atoms with van der Waals surface area (Å²) in [7, 11) is 0. The van der Waals surface area contributed by atoms with Gasteiger partial charge in [0.1, 0.15) is 0 Å². The second kappa shape index (κ2) is 5.76. The lowest BCUT2D eigenvalue weighted by molar-refractivity contribution is 0.253. The van der Waals surface area contributed by atoms with Crippen LogP contribution in [0.5, 0.6) is 0 Å². The van der Waals surface area contributed by atoms with E-state index in [0.717, 1.165) is 18.6 Å². The molecule has 0 aliphatic heterocycles. The van der Waals surface area contributed by atoms with E-state index in [9.17, 15) is 4.79 Å². The summed E-state index contributed by atoms with van der Waals surface area (Å²) in [6, 6.07) is 0.196. The summed E-state index contributed by atoms with van der Waals surface area (Å²) in [6.07, 6.45) is 4.44. The normalized spacial score (nSPS) is 28.5. The number of nitrogens with one attached hydrogen (secondary N) is 1. The average molecular weight is 222 g/mol. The Balaban J connectivity index is 2.29. The highest BCUT2D eigenvalue weighted by Gasteiger charge is 2.24. The summed E-state index contributed by atoms with van der Waals surface area (Å²) in [6.45, 7) is 1.98. The molecule has 2 atom stereocenters. The van der Waals surface area contributed by atoms with Crippen molar-refractivity contribution in [3.05, 3.63) is 0 Å². The Morgan fingerprint density at radius 2 is 2.23 bits per heavy atom. The molecule has 2 unspecified atom stereocenters. The number of amides is 1. The predicted octanol–water partition coefficient (Wildman–Crippen LogP) is 3.00. The Morgan fingerprint density at radius 3 is 2.85 bits per heavy atom. The number of alkyl halides is 1. The highest BCUT2D eigenvalue weighted by atomic mass is 35.5. The first-order valence-corrected chi connectivity index (χ1v) is 6.23. The first kappa shape index (κ1) is 11.2. The number of thioether (sulfide) groups is 1. The maximum atomic E-state index is 11.3. The lowest BCUT2D eigenvalue weighted by atomic mass is 9.95. The van der Waals surface area contributed by atoms with Gasteiger partial charge in [0, 0.05) is 6.04 Å². The van der Waals surface area contributed by atoms with Crippen LogP contribution in [0.15, 0.2) is 0 Å². The van der Waals surface area contributed by atoms with Crippen LogP contribution in [-0.2, 0) is 0 Å². The zero-order chi connectivity index (χ0) is 9.68. The van der Waals surface area contributed by atoms with Crippen molar-refractivity contribution in [2.24, 2.45) is 0 Å². The van der Waals surface area contributed by atoms with E-state index in [2.05, 4.69) is 5.32 Å². The molecule has 2 nitrogen and oxygen atoms in total. The topological polar surface area (TPSA) is 29.1 Å². The molecule has 1 amide bonds. The monoisotopic (exact) mass is 221 g/mol. The summed E-state index contributed by atoms with van der Waals surface area (Å²) in [5.41, 5.74) is 0. The molecular weight excluding hydrogens is 206 g/mol. The van der Waals surface area contributed by atoms with Gasteiger partial charge < -0.3 is 5.32 Å². The zero-order valence-electron chi connectivity index (χ0n) is 7.88. The Kier molecular flexibility index (Phi) is 4.96. The van der Waals surface area contributed by atoms with Gasteiger partial charge in [-0.25, -0.2) is 0 Å². The highest BCUT2D eigenvalue weighted by Crippen LogP contribution is 2.23. The van der Waals surface area contributed by atoms with Gasteiger partial charge in [-0.05, 0) is 18.6 Å². The number of carbonyl (C=O) groups excluding carboxylic acids is 1. The predicted molar refractivity (Wildman–Crippen MR) is 58.6 cm³/mol. The second-order valence-electron chi connectivity index (χ2n) is 3.27. The Hall–Kier alpha value is 0.110. The summed E-state index contributed by atoms with van der Waals surface area (Å²) < 4.78 is 0. The fraction of sp³-hybridized carbons (Fsp3) is 0.889. The molecule has 0 heterocycles. The van der Waals surface area contributed by atoms with Gasteiger partial charge in [-0.15, -0.1) is 11.6 Å². The summed E-state index contributed by atoms with van der Waals surface area (Å²) >= 11 is 7.42. The van der Waals surface area contributed by atoms with Gasteiger partial charge >= 0.3 is 0 Å². The van der Waals surface area contributed by atoms with Crippen molar-refractivity contribution in [1.29, 1.82) is 0 Å². The molecule has 1 N–H and O–H groups in total. The van der Waals surface area contributed by atoms with Crippen molar-refractivity contribution in [1.82, 2.24) is 5.32 Å². The molecule has 1 fully saturated rings. The van der Waals surface area contributed by atoms with Gasteiger partial charge in [0.25, 0.3) is 5.24 Å². The SMILES string of the molecule is CCSC(=O)NC1CCCCC1Cl. The average Bonchev–Trinajstić information content (AvgIpc) is 2.09. The molecule has 1 aliphatic rings. The van der Waals surface area contributed by atoms with Gasteiger partial charge in [-0.3, -0.25) is 4.79 Å². The molecule has 13 heavy (non-hydrogen) atoms.